The molecule has 112 valence electrons. The molecule has 2 aromatic rings. The minimum atomic E-state index is -0.526. The molecule has 1 amide bonds. The maximum atomic E-state index is 12.0. The fraction of sp³-hybridized carbons (Fsp3) is 0.308. The number of aromatic nitrogens is 2. The molecule has 21 heavy (non-hydrogen) atoms. The molecule has 0 aromatic carbocycles. The number of hydrogen-bond acceptors (Lipinski definition) is 6. The fourth-order valence-corrected chi connectivity index (χ4v) is 1.74. The van der Waals surface area contributed by atoms with Gasteiger partial charge in [0.2, 0.25) is 0 Å². The van der Waals surface area contributed by atoms with Crippen molar-refractivity contribution in [1.29, 1.82) is 0 Å². The summed E-state index contributed by atoms with van der Waals surface area (Å²) in [4.78, 5) is 25.2. The van der Waals surface area contributed by atoms with Gasteiger partial charge in [-0.05, 0) is 19.1 Å². The number of nitrogens with two attached hydrogens (primary N) is 1. The lowest BCUT2D eigenvalue weighted by Gasteiger charge is -2.16. The van der Waals surface area contributed by atoms with E-state index in [0.717, 1.165) is 12.2 Å². The molecule has 0 saturated heterocycles. The third-order valence-corrected chi connectivity index (χ3v) is 3.09. The summed E-state index contributed by atoms with van der Waals surface area (Å²) in [7, 11) is 1.88. The zero-order valence-corrected chi connectivity index (χ0v) is 11.9. The Balaban J connectivity index is 2.18. The second kappa shape index (κ2) is 6.23. The van der Waals surface area contributed by atoms with Crippen LogP contribution in [0.3, 0.4) is 0 Å². The number of nitrogens with one attached hydrogen (secondary N) is 1. The number of anilines is 1. The summed E-state index contributed by atoms with van der Waals surface area (Å²) in [6, 6.07) is 4.60. The van der Waals surface area contributed by atoms with Gasteiger partial charge in [0.1, 0.15) is 12.3 Å². The Kier molecular flexibility index (Phi) is 4.39. The molecule has 3 N–H and O–H groups in total. The number of carbonyl (C=O) groups excluding carboxylic acids is 1. The first-order chi connectivity index (χ1) is 10.0. The van der Waals surface area contributed by atoms with Crippen LogP contribution in [0.4, 0.5) is 5.69 Å². The van der Waals surface area contributed by atoms with E-state index in [0.29, 0.717) is 5.76 Å². The van der Waals surface area contributed by atoms with Crippen LogP contribution in [0, 0.1) is 0 Å². The molecule has 2 rings (SSSR count). The van der Waals surface area contributed by atoms with E-state index in [1.54, 1.807) is 12.3 Å². The second-order valence-electron chi connectivity index (χ2n) is 4.46. The number of rotatable bonds is 5. The third kappa shape index (κ3) is 3.29. The van der Waals surface area contributed by atoms with Crippen molar-refractivity contribution in [2.24, 2.45) is 5.84 Å². The molecular formula is C13H17N5O3. The van der Waals surface area contributed by atoms with Gasteiger partial charge in [-0.3, -0.25) is 15.0 Å². The van der Waals surface area contributed by atoms with Crippen molar-refractivity contribution in [2.45, 2.75) is 13.5 Å². The molecular weight excluding hydrogens is 274 g/mol. The molecule has 0 unspecified atom stereocenters. The van der Waals surface area contributed by atoms with E-state index in [1.807, 2.05) is 24.3 Å². The average Bonchev–Trinajstić information content (AvgIpc) is 2.96. The average molecular weight is 291 g/mol. The van der Waals surface area contributed by atoms with E-state index in [1.165, 1.54) is 16.8 Å². The van der Waals surface area contributed by atoms with Crippen molar-refractivity contribution >= 4 is 11.6 Å². The van der Waals surface area contributed by atoms with Crippen molar-refractivity contribution in [3.63, 3.8) is 0 Å². The molecule has 0 aliphatic rings. The summed E-state index contributed by atoms with van der Waals surface area (Å²) >= 11 is 0. The van der Waals surface area contributed by atoms with Crippen LogP contribution in [-0.4, -0.2) is 29.3 Å². The first-order valence-corrected chi connectivity index (χ1v) is 6.43. The summed E-state index contributed by atoms with van der Waals surface area (Å²) in [5.74, 6) is 5.02. The molecule has 0 radical (unpaired) electrons. The Morgan fingerprint density at radius 2 is 2.29 bits per heavy atom. The largest absolute Gasteiger partial charge is 0.454 e. The summed E-state index contributed by atoms with van der Waals surface area (Å²) in [6.07, 6.45) is 1.61. The highest BCUT2D eigenvalue weighted by Crippen LogP contribution is 2.10. The van der Waals surface area contributed by atoms with Gasteiger partial charge in [0, 0.05) is 19.7 Å². The van der Waals surface area contributed by atoms with Crippen LogP contribution in [-0.2, 0) is 6.54 Å². The highest BCUT2D eigenvalue weighted by atomic mass is 16.4. The molecule has 2 aromatic heterocycles. The molecule has 0 aliphatic carbocycles. The van der Waals surface area contributed by atoms with Crippen LogP contribution in [0.2, 0.25) is 0 Å². The highest BCUT2D eigenvalue weighted by molar-refractivity contribution is 5.90. The van der Waals surface area contributed by atoms with Gasteiger partial charge in [0.25, 0.3) is 5.56 Å². The van der Waals surface area contributed by atoms with E-state index in [4.69, 9.17) is 10.3 Å². The Morgan fingerprint density at radius 3 is 2.90 bits per heavy atom. The first kappa shape index (κ1) is 14.8. The van der Waals surface area contributed by atoms with E-state index < -0.39 is 5.91 Å². The number of hydrazine groups is 1. The number of furan rings is 1. The normalized spacial score (nSPS) is 10.4. The maximum absolute atomic E-state index is 12.0. The summed E-state index contributed by atoms with van der Waals surface area (Å²) in [5.41, 5.74) is 2.48. The standard InChI is InChI=1S/C13H17N5O3/c1-3-17(2)9-6-12(19)18(15-7-9)8-10-4-5-11(21-10)13(20)16-14/h4-7H,3,8,14H2,1-2H3,(H,16,20). The van der Waals surface area contributed by atoms with Gasteiger partial charge in [-0.2, -0.15) is 5.10 Å². The number of nitrogen functional groups attached to an aromatic ring is 1. The lowest BCUT2D eigenvalue weighted by Crippen LogP contribution is -2.29. The van der Waals surface area contributed by atoms with E-state index in [-0.39, 0.29) is 17.9 Å². The van der Waals surface area contributed by atoms with Gasteiger partial charge in [-0.15, -0.1) is 0 Å². The highest BCUT2D eigenvalue weighted by Gasteiger charge is 2.11. The Labute approximate surface area is 121 Å². The Bertz CT molecular complexity index is 691. The maximum Gasteiger partial charge on any atom is 0.300 e. The quantitative estimate of drug-likeness (QED) is 0.454. The van der Waals surface area contributed by atoms with Crippen LogP contribution in [0.1, 0.15) is 23.2 Å². The zero-order chi connectivity index (χ0) is 15.4. The SMILES string of the molecule is CCN(C)c1cnn(Cc2ccc(C(=O)NN)o2)c(=O)c1. The van der Waals surface area contributed by atoms with Crippen molar-refractivity contribution in [3.05, 3.63) is 46.3 Å². The number of carbonyl (C=O) groups is 1. The molecule has 8 heteroatoms. The first-order valence-electron chi connectivity index (χ1n) is 6.43. The van der Waals surface area contributed by atoms with Crippen LogP contribution < -0.4 is 21.7 Å². The molecule has 0 atom stereocenters. The minimum absolute atomic E-state index is 0.0860. The second-order valence-corrected chi connectivity index (χ2v) is 4.46. The minimum Gasteiger partial charge on any atom is -0.454 e. The van der Waals surface area contributed by atoms with E-state index in [2.05, 4.69) is 5.10 Å². The summed E-state index contributed by atoms with van der Waals surface area (Å²) in [6.45, 7) is 2.91. The van der Waals surface area contributed by atoms with Gasteiger partial charge in [-0.25, -0.2) is 10.5 Å². The molecule has 0 fully saturated rings. The van der Waals surface area contributed by atoms with E-state index >= 15 is 0 Å². The van der Waals surface area contributed by atoms with Crippen LogP contribution in [0.15, 0.2) is 33.6 Å². The van der Waals surface area contributed by atoms with Gasteiger partial charge in [-0.1, -0.05) is 0 Å². The van der Waals surface area contributed by atoms with Gasteiger partial charge < -0.3 is 9.32 Å². The monoisotopic (exact) mass is 291 g/mol. The molecule has 8 nitrogen and oxygen atoms in total. The number of hydrogen-bond donors (Lipinski definition) is 2. The van der Waals surface area contributed by atoms with Crippen LogP contribution >= 0.6 is 0 Å². The van der Waals surface area contributed by atoms with E-state index in [9.17, 15) is 9.59 Å². The number of nitrogens with zero attached hydrogens (tertiary/aromatic N) is 3. The molecule has 2 heterocycles. The fourth-order valence-electron chi connectivity index (χ4n) is 1.74. The predicted octanol–water partition coefficient (Wildman–Crippen LogP) is -0.0558. The van der Waals surface area contributed by atoms with Gasteiger partial charge in [0.15, 0.2) is 5.76 Å². The third-order valence-electron chi connectivity index (χ3n) is 3.09. The van der Waals surface area contributed by atoms with Crippen molar-refractivity contribution in [2.75, 3.05) is 18.5 Å². The molecule has 0 saturated carbocycles. The van der Waals surface area contributed by atoms with Crippen LogP contribution in [0.25, 0.3) is 0 Å². The predicted molar refractivity (Wildman–Crippen MR) is 76.9 cm³/mol. The Morgan fingerprint density at radius 1 is 1.52 bits per heavy atom. The van der Waals surface area contributed by atoms with Crippen molar-refractivity contribution < 1.29 is 9.21 Å². The number of amides is 1. The lowest BCUT2D eigenvalue weighted by molar-refractivity contribution is 0.0924. The lowest BCUT2D eigenvalue weighted by atomic mass is 10.4. The smallest absolute Gasteiger partial charge is 0.300 e. The van der Waals surface area contributed by atoms with Crippen molar-refractivity contribution in [1.82, 2.24) is 15.2 Å². The van der Waals surface area contributed by atoms with Crippen molar-refractivity contribution in [3.8, 4) is 0 Å². The topological polar surface area (TPSA) is 106 Å². The van der Waals surface area contributed by atoms with Gasteiger partial charge in [0.05, 0.1) is 11.9 Å². The molecule has 0 bridgehead atoms. The molecule has 0 spiro atoms. The summed E-state index contributed by atoms with van der Waals surface area (Å²) in [5, 5.41) is 4.09. The van der Waals surface area contributed by atoms with Gasteiger partial charge >= 0.3 is 5.91 Å². The summed E-state index contributed by atoms with van der Waals surface area (Å²) < 4.78 is 6.55. The zero-order valence-electron chi connectivity index (χ0n) is 11.9. The Hall–Kier alpha value is -2.61. The van der Waals surface area contributed by atoms with Crippen LogP contribution in [0.5, 0.6) is 0 Å². The molecule has 0 aliphatic heterocycles.